The van der Waals surface area contributed by atoms with Crippen LogP contribution in [-0.2, 0) is 4.74 Å². The highest BCUT2D eigenvalue weighted by atomic mass is 16.6. The van der Waals surface area contributed by atoms with Gasteiger partial charge in [0.25, 0.3) is 0 Å². The number of furan rings is 1. The number of aryl methyl sites for hydroxylation is 2. The van der Waals surface area contributed by atoms with Crippen LogP contribution in [0.1, 0.15) is 64.2 Å². The lowest BCUT2D eigenvalue weighted by Crippen LogP contribution is -2.38. The fourth-order valence-corrected chi connectivity index (χ4v) is 2.48. The van der Waals surface area contributed by atoms with E-state index in [0.29, 0.717) is 13.1 Å². The van der Waals surface area contributed by atoms with E-state index >= 15 is 0 Å². The topological polar surface area (TPSA) is 54.7 Å². The number of nitrogens with one attached hydrogen (secondary N) is 1. The summed E-state index contributed by atoms with van der Waals surface area (Å²) in [6, 6.07) is 2.32. The van der Waals surface area contributed by atoms with Crippen molar-refractivity contribution >= 4 is 6.09 Å². The standard InChI is InChI=1S/C18H32N2O3/c1-8-20(17(21)23-18(5,6)7)11-9-10-19-14(3)16-12-13(2)22-15(16)4/h12,14,19H,8-11H2,1-7H3. The zero-order chi connectivity index (χ0) is 17.6. The Hall–Kier alpha value is -1.49. The summed E-state index contributed by atoms with van der Waals surface area (Å²) in [5, 5.41) is 3.48. The van der Waals surface area contributed by atoms with E-state index in [2.05, 4.69) is 18.3 Å². The van der Waals surface area contributed by atoms with Crippen LogP contribution in [0.2, 0.25) is 0 Å². The van der Waals surface area contributed by atoms with E-state index in [1.165, 1.54) is 5.56 Å². The minimum atomic E-state index is -0.450. The summed E-state index contributed by atoms with van der Waals surface area (Å²) in [6.45, 7) is 15.9. The van der Waals surface area contributed by atoms with Gasteiger partial charge in [-0.15, -0.1) is 0 Å². The molecule has 0 radical (unpaired) electrons. The van der Waals surface area contributed by atoms with Crippen LogP contribution in [0.5, 0.6) is 0 Å². The normalized spacial score (nSPS) is 13.0. The van der Waals surface area contributed by atoms with Crippen molar-refractivity contribution in [2.45, 2.75) is 66.5 Å². The first-order valence-electron chi connectivity index (χ1n) is 8.42. The Labute approximate surface area is 140 Å². The van der Waals surface area contributed by atoms with Gasteiger partial charge in [-0.05, 0) is 67.5 Å². The summed E-state index contributed by atoms with van der Waals surface area (Å²) in [7, 11) is 0. The average molecular weight is 324 g/mol. The van der Waals surface area contributed by atoms with Crippen molar-refractivity contribution in [2.75, 3.05) is 19.6 Å². The van der Waals surface area contributed by atoms with Gasteiger partial charge in [0.2, 0.25) is 0 Å². The third-order valence-corrected chi connectivity index (χ3v) is 3.63. The van der Waals surface area contributed by atoms with E-state index < -0.39 is 5.60 Å². The molecule has 0 saturated heterocycles. The van der Waals surface area contributed by atoms with Gasteiger partial charge in [0, 0.05) is 24.7 Å². The third kappa shape index (κ3) is 6.65. The first-order valence-corrected chi connectivity index (χ1v) is 8.42. The highest BCUT2D eigenvalue weighted by Gasteiger charge is 2.20. The molecule has 0 aliphatic heterocycles. The van der Waals surface area contributed by atoms with Crippen molar-refractivity contribution in [3.05, 3.63) is 23.2 Å². The lowest BCUT2D eigenvalue weighted by molar-refractivity contribution is 0.0258. The second kappa shape index (κ2) is 8.39. The molecule has 1 amide bonds. The molecule has 0 aliphatic carbocycles. The first kappa shape index (κ1) is 19.6. The van der Waals surface area contributed by atoms with E-state index in [1.54, 1.807) is 4.90 Å². The molecule has 1 rings (SSSR count). The first-order chi connectivity index (χ1) is 10.6. The summed E-state index contributed by atoms with van der Waals surface area (Å²) in [5.41, 5.74) is 0.746. The van der Waals surface area contributed by atoms with Crippen molar-refractivity contribution in [3.8, 4) is 0 Å². The minimum absolute atomic E-state index is 0.240. The van der Waals surface area contributed by atoms with Gasteiger partial charge in [0.05, 0.1) is 0 Å². The molecule has 0 spiro atoms. The number of rotatable bonds is 7. The van der Waals surface area contributed by atoms with Gasteiger partial charge < -0.3 is 19.4 Å². The third-order valence-electron chi connectivity index (χ3n) is 3.63. The largest absolute Gasteiger partial charge is 0.466 e. The maximum absolute atomic E-state index is 12.1. The molecule has 132 valence electrons. The number of amides is 1. The molecule has 1 N–H and O–H groups in total. The molecule has 1 heterocycles. The summed E-state index contributed by atoms with van der Waals surface area (Å²) in [6.07, 6.45) is 0.641. The molecular weight excluding hydrogens is 292 g/mol. The molecule has 0 saturated carbocycles. The number of ether oxygens (including phenoxy) is 1. The van der Waals surface area contributed by atoms with Crippen LogP contribution in [0.15, 0.2) is 10.5 Å². The van der Waals surface area contributed by atoms with Crippen LogP contribution in [-0.4, -0.2) is 36.2 Å². The minimum Gasteiger partial charge on any atom is -0.466 e. The number of hydrogen-bond acceptors (Lipinski definition) is 4. The lowest BCUT2D eigenvalue weighted by atomic mass is 10.1. The summed E-state index contributed by atoms with van der Waals surface area (Å²) in [4.78, 5) is 13.8. The predicted molar refractivity (Wildman–Crippen MR) is 92.7 cm³/mol. The van der Waals surface area contributed by atoms with Crippen LogP contribution in [0, 0.1) is 13.8 Å². The molecule has 1 aromatic heterocycles. The molecule has 23 heavy (non-hydrogen) atoms. The Morgan fingerprint density at radius 2 is 2.04 bits per heavy atom. The van der Waals surface area contributed by atoms with Crippen LogP contribution in [0.4, 0.5) is 4.79 Å². The van der Waals surface area contributed by atoms with E-state index in [0.717, 1.165) is 24.5 Å². The number of nitrogens with zero attached hydrogens (tertiary/aromatic N) is 1. The van der Waals surface area contributed by atoms with Crippen molar-refractivity contribution in [3.63, 3.8) is 0 Å². The van der Waals surface area contributed by atoms with E-state index in [1.807, 2.05) is 41.5 Å². The van der Waals surface area contributed by atoms with Gasteiger partial charge in [-0.3, -0.25) is 0 Å². The molecular formula is C18H32N2O3. The Morgan fingerprint density at radius 3 is 2.52 bits per heavy atom. The van der Waals surface area contributed by atoms with Crippen LogP contribution < -0.4 is 5.32 Å². The molecule has 0 fully saturated rings. The van der Waals surface area contributed by atoms with Gasteiger partial charge in [-0.1, -0.05) is 0 Å². The second-order valence-corrected chi connectivity index (χ2v) is 6.96. The summed E-state index contributed by atoms with van der Waals surface area (Å²) >= 11 is 0. The Bertz CT molecular complexity index is 503. The molecule has 0 aliphatic rings. The number of hydrogen-bond donors (Lipinski definition) is 1. The Balaban J connectivity index is 2.37. The predicted octanol–water partition coefficient (Wildman–Crippen LogP) is 4.19. The Morgan fingerprint density at radius 1 is 1.39 bits per heavy atom. The van der Waals surface area contributed by atoms with E-state index in [4.69, 9.17) is 9.15 Å². The second-order valence-electron chi connectivity index (χ2n) is 6.96. The van der Waals surface area contributed by atoms with Crippen molar-refractivity contribution in [2.24, 2.45) is 0 Å². The molecule has 0 bridgehead atoms. The maximum Gasteiger partial charge on any atom is 0.410 e. The van der Waals surface area contributed by atoms with Gasteiger partial charge in [0.15, 0.2) is 0 Å². The fourth-order valence-electron chi connectivity index (χ4n) is 2.48. The molecule has 1 atom stereocenters. The van der Waals surface area contributed by atoms with Crippen molar-refractivity contribution < 1.29 is 13.9 Å². The summed E-state index contributed by atoms with van der Waals surface area (Å²) < 4.78 is 11.0. The van der Waals surface area contributed by atoms with Crippen molar-refractivity contribution in [1.82, 2.24) is 10.2 Å². The highest BCUT2D eigenvalue weighted by molar-refractivity contribution is 5.68. The highest BCUT2D eigenvalue weighted by Crippen LogP contribution is 2.21. The quantitative estimate of drug-likeness (QED) is 0.764. The van der Waals surface area contributed by atoms with Gasteiger partial charge in [-0.25, -0.2) is 4.79 Å². The van der Waals surface area contributed by atoms with Gasteiger partial charge in [0.1, 0.15) is 17.1 Å². The number of carbonyl (C=O) groups is 1. The molecule has 1 unspecified atom stereocenters. The fraction of sp³-hybridized carbons (Fsp3) is 0.722. The van der Waals surface area contributed by atoms with Gasteiger partial charge >= 0.3 is 6.09 Å². The van der Waals surface area contributed by atoms with Crippen LogP contribution >= 0.6 is 0 Å². The van der Waals surface area contributed by atoms with Crippen LogP contribution in [0.3, 0.4) is 0 Å². The molecule has 5 nitrogen and oxygen atoms in total. The van der Waals surface area contributed by atoms with Crippen molar-refractivity contribution in [1.29, 1.82) is 0 Å². The average Bonchev–Trinajstić information content (AvgIpc) is 2.75. The molecule has 5 heteroatoms. The maximum atomic E-state index is 12.1. The lowest BCUT2D eigenvalue weighted by Gasteiger charge is -2.26. The molecule has 0 aromatic carbocycles. The van der Waals surface area contributed by atoms with Crippen LogP contribution in [0.25, 0.3) is 0 Å². The van der Waals surface area contributed by atoms with E-state index in [-0.39, 0.29) is 12.1 Å². The number of carbonyl (C=O) groups excluding carboxylic acids is 1. The van der Waals surface area contributed by atoms with Gasteiger partial charge in [-0.2, -0.15) is 0 Å². The summed E-state index contributed by atoms with van der Waals surface area (Å²) in [5.74, 6) is 1.90. The van der Waals surface area contributed by atoms with E-state index in [9.17, 15) is 4.79 Å². The SMILES string of the molecule is CCN(CCCNC(C)c1cc(C)oc1C)C(=O)OC(C)(C)C. The monoisotopic (exact) mass is 324 g/mol. The Kier molecular flexibility index (Phi) is 7.13. The molecule has 1 aromatic rings. The zero-order valence-electron chi connectivity index (χ0n) is 15.7. The smallest absolute Gasteiger partial charge is 0.410 e. The zero-order valence-corrected chi connectivity index (χ0v) is 15.7.